The molecule has 0 aliphatic carbocycles. The first kappa shape index (κ1) is 16.6. The molecule has 1 atom stereocenters. The number of carbonyl (C=O) groups is 1. The first-order valence-corrected chi connectivity index (χ1v) is 8.12. The first-order chi connectivity index (χ1) is 11.6. The highest BCUT2D eigenvalue weighted by Gasteiger charge is 2.20. The third-order valence-corrected chi connectivity index (χ3v) is 4.18. The third-order valence-electron chi connectivity index (χ3n) is 4.18. The summed E-state index contributed by atoms with van der Waals surface area (Å²) >= 11 is 0. The molecule has 1 aliphatic rings. The van der Waals surface area contributed by atoms with Gasteiger partial charge in [0.2, 0.25) is 0 Å². The monoisotopic (exact) mass is 328 g/mol. The molecule has 1 amide bonds. The molecule has 0 saturated carbocycles. The minimum Gasteiger partial charge on any atom is -0.364 e. The number of hydrogen-bond donors (Lipinski definition) is 2. The summed E-state index contributed by atoms with van der Waals surface area (Å²) in [4.78, 5) is 12.2. The van der Waals surface area contributed by atoms with Crippen molar-refractivity contribution in [3.05, 3.63) is 65.0 Å². The van der Waals surface area contributed by atoms with E-state index in [9.17, 15) is 9.18 Å². The Bertz CT molecular complexity index is 719. The Morgan fingerprint density at radius 1 is 1.29 bits per heavy atom. The van der Waals surface area contributed by atoms with E-state index in [-0.39, 0.29) is 17.4 Å². The fourth-order valence-electron chi connectivity index (χ4n) is 2.74. The van der Waals surface area contributed by atoms with Crippen LogP contribution in [0, 0.1) is 5.82 Å². The number of ether oxygens (including phenoxy) is 1. The van der Waals surface area contributed by atoms with Crippen molar-refractivity contribution in [3.63, 3.8) is 0 Å². The molecule has 0 spiro atoms. The summed E-state index contributed by atoms with van der Waals surface area (Å²) in [7, 11) is 0. The lowest BCUT2D eigenvalue weighted by atomic mass is 9.99. The predicted octanol–water partition coefficient (Wildman–Crippen LogP) is 3.02. The van der Waals surface area contributed by atoms with E-state index in [2.05, 4.69) is 10.6 Å². The average Bonchev–Trinajstić information content (AvgIpc) is 2.63. The number of anilines is 1. The molecule has 24 heavy (non-hydrogen) atoms. The molecule has 0 fully saturated rings. The van der Waals surface area contributed by atoms with Crippen molar-refractivity contribution in [1.29, 1.82) is 0 Å². The van der Waals surface area contributed by atoms with Gasteiger partial charge in [-0.1, -0.05) is 36.4 Å². The van der Waals surface area contributed by atoms with E-state index in [0.29, 0.717) is 25.1 Å². The average molecular weight is 328 g/mol. The van der Waals surface area contributed by atoms with Gasteiger partial charge in [-0.25, -0.2) is 4.39 Å². The second-order valence-electron chi connectivity index (χ2n) is 5.92. The summed E-state index contributed by atoms with van der Waals surface area (Å²) < 4.78 is 20.1. The van der Waals surface area contributed by atoms with E-state index in [1.54, 1.807) is 13.0 Å². The van der Waals surface area contributed by atoms with Crippen LogP contribution in [0.3, 0.4) is 0 Å². The number of fused-ring (bicyclic) bond motifs is 1. The van der Waals surface area contributed by atoms with Gasteiger partial charge in [-0.15, -0.1) is 0 Å². The molecule has 1 heterocycles. The van der Waals surface area contributed by atoms with E-state index in [1.165, 1.54) is 0 Å². The fourth-order valence-corrected chi connectivity index (χ4v) is 2.74. The second-order valence-corrected chi connectivity index (χ2v) is 5.92. The molecular weight excluding hydrogens is 307 g/mol. The molecule has 3 rings (SSSR count). The minimum atomic E-state index is -0.665. The van der Waals surface area contributed by atoms with Crippen LogP contribution in [-0.4, -0.2) is 18.6 Å². The number of halogens is 1. The van der Waals surface area contributed by atoms with Crippen LogP contribution in [0.5, 0.6) is 0 Å². The van der Waals surface area contributed by atoms with Crippen LogP contribution in [0.1, 0.15) is 23.6 Å². The van der Waals surface area contributed by atoms with Crippen molar-refractivity contribution in [2.45, 2.75) is 32.6 Å². The Morgan fingerprint density at radius 2 is 2.08 bits per heavy atom. The van der Waals surface area contributed by atoms with Crippen LogP contribution in [0.25, 0.3) is 0 Å². The molecule has 1 aliphatic heterocycles. The summed E-state index contributed by atoms with van der Waals surface area (Å²) in [6, 6.07) is 13.1. The van der Waals surface area contributed by atoms with Crippen LogP contribution in [0.4, 0.5) is 10.1 Å². The van der Waals surface area contributed by atoms with E-state index in [1.807, 2.05) is 36.4 Å². The highest BCUT2D eigenvalue weighted by atomic mass is 19.1. The van der Waals surface area contributed by atoms with Crippen molar-refractivity contribution in [2.24, 2.45) is 0 Å². The van der Waals surface area contributed by atoms with Gasteiger partial charge in [0.1, 0.15) is 11.9 Å². The summed E-state index contributed by atoms with van der Waals surface area (Å²) in [6.45, 7) is 3.42. The lowest BCUT2D eigenvalue weighted by Crippen LogP contribution is -2.29. The lowest BCUT2D eigenvalue weighted by Gasteiger charge is -2.20. The molecule has 2 aromatic carbocycles. The molecule has 2 N–H and O–H groups in total. The zero-order valence-electron chi connectivity index (χ0n) is 13.6. The maximum Gasteiger partial charge on any atom is 0.253 e. The van der Waals surface area contributed by atoms with Crippen molar-refractivity contribution in [2.75, 3.05) is 11.9 Å². The third kappa shape index (κ3) is 3.80. The highest BCUT2D eigenvalue weighted by Crippen LogP contribution is 2.24. The summed E-state index contributed by atoms with van der Waals surface area (Å²) in [6.07, 6.45) is -0.0346. The molecule has 4 nitrogen and oxygen atoms in total. The summed E-state index contributed by atoms with van der Waals surface area (Å²) in [5.41, 5.74) is 2.84. The Labute approximate surface area is 141 Å². The van der Waals surface area contributed by atoms with Crippen LogP contribution >= 0.6 is 0 Å². The van der Waals surface area contributed by atoms with Gasteiger partial charge in [0.05, 0.1) is 12.3 Å². The van der Waals surface area contributed by atoms with E-state index in [0.717, 1.165) is 17.7 Å². The van der Waals surface area contributed by atoms with Gasteiger partial charge in [-0.2, -0.15) is 0 Å². The van der Waals surface area contributed by atoms with E-state index >= 15 is 0 Å². The first-order valence-electron chi connectivity index (χ1n) is 8.12. The number of carbonyl (C=O) groups excluding carboxylic acids is 1. The Kier molecular flexibility index (Phi) is 5.23. The van der Waals surface area contributed by atoms with Gasteiger partial charge in [-0.05, 0) is 42.6 Å². The lowest BCUT2D eigenvalue weighted by molar-refractivity contribution is -0.127. The molecule has 0 radical (unpaired) electrons. The quantitative estimate of drug-likeness (QED) is 0.887. The molecular formula is C19H21FN2O2. The predicted molar refractivity (Wildman–Crippen MR) is 91.1 cm³/mol. The van der Waals surface area contributed by atoms with E-state index < -0.39 is 6.10 Å². The molecule has 0 bridgehead atoms. The topological polar surface area (TPSA) is 50.4 Å². The van der Waals surface area contributed by atoms with Gasteiger partial charge < -0.3 is 15.4 Å². The van der Waals surface area contributed by atoms with Crippen molar-refractivity contribution >= 4 is 11.6 Å². The minimum absolute atomic E-state index is 0.218. The SMILES string of the molecule is CC(OCc1ccccc1)C(=O)Nc1ccc2c(c1F)CCNC2. The van der Waals surface area contributed by atoms with Gasteiger partial charge in [0.25, 0.3) is 5.91 Å². The second kappa shape index (κ2) is 7.55. The molecule has 2 aromatic rings. The number of amides is 1. The van der Waals surface area contributed by atoms with Gasteiger partial charge in [0.15, 0.2) is 0 Å². The van der Waals surface area contributed by atoms with Crippen LogP contribution in [0.2, 0.25) is 0 Å². The van der Waals surface area contributed by atoms with Crippen molar-refractivity contribution in [3.8, 4) is 0 Å². The highest BCUT2D eigenvalue weighted by molar-refractivity contribution is 5.94. The largest absolute Gasteiger partial charge is 0.364 e. The van der Waals surface area contributed by atoms with Crippen LogP contribution < -0.4 is 10.6 Å². The smallest absolute Gasteiger partial charge is 0.253 e. The maximum atomic E-state index is 14.5. The Balaban J connectivity index is 1.62. The molecule has 126 valence electrons. The zero-order chi connectivity index (χ0) is 16.9. The van der Waals surface area contributed by atoms with Crippen LogP contribution in [0.15, 0.2) is 42.5 Å². The summed E-state index contributed by atoms with van der Waals surface area (Å²) in [5.74, 6) is -0.684. The van der Waals surface area contributed by atoms with Crippen LogP contribution in [-0.2, 0) is 29.1 Å². The Hall–Kier alpha value is -2.24. The number of rotatable bonds is 5. The van der Waals surface area contributed by atoms with Crippen molar-refractivity contribution in [1.82, 2.24) is 5.32 Å². The standard InChI is InChI=1S/C19H21FN2O2/c1-13(24-12-14-5-3-2-4-6-14)19(23)22-17-8-7-15-11-21-10-9-16(15)18(17)20/h2-8,13,21H,9-12H2,1H3,(H,22,23). The molecule has 5 heteroatoms. The van der Waals surface area contributed by atoms with Gasteiger partial charge in [0, 0.05) is 6.54 Å². The number of hydrogen-bond acceptors (Lipinski definition) is 3. The zero-order valence-corrected chi connectivity index (χ0v) is 13.6. The Morgan fingerprint density at radius 3 is 2.88 bits per heavy atom. The normalized spacial score (nSPS) is 14.8. The molecule has 1 unspecified atom stereocenters. The van der Waals surface area contributed by atoms with Crippen molar-refractivity contribution < 1.29 is 13.9 Å². The summed E-state index contributed by atoms with van der Waals surface area (Å²) in [5, 5.41) is 5.84. The molecule has 0 aromatic heterocycles. The van der Waals surface area contributed by atoms with E-state index in [4.69, 9.17) is 4.74 Å². The maximum absolute atomic E-state index is 14.5. The number of nitrogens with one attached hydrogen (secondary N) is 2. The molecule has 0 saturated heterocycles. The fraction of sp³-hybridized carbons (Fsp3) is 0.316. The van der Waals surface area contributed by atoms with Gasteiger partial charge >= 0.3 is 0 Å². The van der Waals surface area contributed by atoms with Gasteiger partial charge in [-0.3, -0.25) is 4.79 Å². The number of benzene rings is 2.